The van der Waals surface area contributed by atoms with Gasteiger partial charge in [-0.2, -0.15) is 0 Å². The second-order valence-corrected chi connectivity index (χ2v) is 8.39. The van der Waals surface area contributed by atoms with E-state index in [0.29, 0.717) is 6.61 Å². The zero-order valence-corrected chi connectivity index (χ0v) is 15.5. The van der Waals surface area contributed by atoms with Crippen molar-refractivity contribution in [2.24, 2.45) is 0 Å². The van der Waals surface area contributed by atoms with Crippen molar-refractivity contribution >= 4 is 25.4 Å². The van der Waals surface area contributed by atoms with Crippen molar-refractivity contribution in [1.82, 2.24) is 0 Å². The third kappa shape index (κ3) is 6.80. The van der Waals surface area contributed by atoms with Gasteiger partial charge in [0.1, 0.15) is 0 Å². The summed E-state index contributed by atoms with van der Waals surface area (Å²) in [5, 5.41) is 0. The van der Waals surface area contributed by atoms with Crippen LogP contribution in [0.1, 0.15) is 44.9 Å². The van der Waals surface area contributed by atoms with Crippen LogP contribution in [0.2, 0.25) is 4.82 Å². The molecule has 1 aliphatic heterocycles. The number of hydrogen-bond acceptors (Lipinski definition) is 3. The van der Waals surface area contributed by atoms with Crippen LogP contribution >= 0.6 is 0 Å². The van der Waals surface area contributed by atoms with Crippen LogP contribution in [0.3, 0.4) is 0 Å². The van der Waals surface area contributed by atoms with Gasteiger partial charge in [0, 0.05) is 0 Å². The normalized spacial score (nSPS) is 22.1. The van der Waals surface area contributed by atoms with E-state index >= 15 is 0 Å². The second-order valence-electron chi connectivity index (χ2n) is 5.71. The Balaban J connectivity index is 1.98. The van der Waals surface area contributed by atoms with Crippen molar-refractivity contribution in [3.8, 4) is 5.75 Å². The maximum absolute atomic E-state index is 12.4. The van der Waals surface area contributed by atoms with E-state index < -0.39 is 0 Å². The average Bonchev–Trinajstić information content (AvgIpc) is 2.60. The fraction of sp³-hybridized carbons (Fsp3) is 0.526. The van der Waals surface area contributed by atoms with Crippen molar-refractivity contribution in [2.45, 2.75) is 49.8 Å². The molecule has 0 spiro atoms. The number of carbonyl (C=O) groups excluding carboxylic acids is 1. The molecule has 0 aliphatic carbocycles. The number of esters is 1. The molecular formula is C19H26O3Se. The van der Waals surface area contributed by atoms with Gasteiger partial charge in [-0.3, -0.25) is 0 Å². The molecule has 1 unspecified atom stereocenters. The summed E-state index contributed by atoms with van der Waals surface area (Å²) >= 11 is 0.0773. The first-order valence-electron chi connectivity index (χ1n) is 8.42. The molecule has 0 saturated heterocycles. The Morgan fingerprint density at radius 1 is 1.04 bits per heavy atom. The van der Waals surface area contributed by atoms with E-state index in [9.17, 15) is 4.79 Å². The number of carbonyl (C=O) groups is 1. The predicted octanol–water partition coefficient (Wildman–Crippen LogP) is 3.66. The van der Waals surface area contributed by atoms with Crippen LogP contribution in [0.5, 0.6) is 5.75 Å². The van der Waals surface area contributed by atoms with Gasteiger partial charge in [-0.1, -0.05) is 0 Å². The number of methoxy groups -OCH3 is 1. The average molecular weight is 381 g/mol. The van der Waals surface area contributed by atoms with Crippen molar-refractivity contribution in [2.75, 3.05) is 13.7 Å². The van der Waals surface area contributed by atoms with Gasteiger partial charge in [-0.05, 0) is 0 Å². The molecule has 2 rings (SSSR count). The van der Waals surface area contributed by atoms with Crippen LogP contribution in [-0.4, -0.2) is 34.6 Å². The maximum atomic E-state index is 12.4. The molecule has 0 saturated carbocycles. The fourth-order valence-corrected chi connectivity index (χ4v) is 4.59. The van der Waals surface area contributed by atoms with E-state index in [-0.39, 0.29) is 25.7 Å². The number of rotatable bonds is 3. The third-order valence-corrected chi connectivity index (χ3v) is 6.42. The monoisotopic (exact) mass is 382 g/mol. The number of cyclic esters (lactones) is 1. The molecule has 1 aromatic carbocycles. The molecule has 0 fully saturated rings. The first-order valence-corrected chi connectivity index (χ1v) is 10.3. The topological polar surface area (TPSA) is 35.5 Å². The van der Waals surface area contributed by atoms with E-state index in [1.54, 1.807) is 7.11 Å². The molecule has 4 heteroatoms. The second kappa shape index (κ2) is 10.5. The van der Waals surface area contributed by atoms with Gasteiger partial charge >= 0.3 is 145 Å². The SMILES string of the molecule is COc1ccc([Se]C2C/C=C/CCCCCCCOC2=O)cc1. The first kappa shape index (κ1) is 18.1. The van der Waals surface area contributed by atoms with E-state index in [1.165, 1.54) is 23.7 Å². The van der Waals surface area contributed by atoms with Crippen LogP contribution in [0.4, 0.5) is 0 Å². The summed E-state index contributed by atoms with van der Waals surface area (Å²) in [5.74, 6) is 0.812. The molecule has 23 heavy (non-hydrogen) atoms. The molecule has 1 heterocycles. The fourth-order valence-electron chi connectivity index (χ4n) is 2.51. The van der Waals surface area contributed by atoms with Gasteiger partial charge < -0.3 is 0 Å². The molecule has 126 valence electrons. The van der Waals surface area contributed by atoms with Crippen LogP contribution in [0, 0.1) is 0 Å². The summed E-state index contributed by atoms with van der Waals surface area (Å²) in [6.45, 7) is 0.567. The van der Waals surface area contributed by atoms with Crippen molar-refractivity contribution < 1.29 is 14.3 Å². The van der Waals surface area contributed by atoms with Crippen LogP contribution in [0.15, 0.2) is 36.4 Å². The molecule has 3 nitrogen and oxygen atoms in total. The molecule has 0 radical (unpaired) electrons. The number of benzene rings is 1. The Hall–Kier alpha value is -1.25. The van der Waals surface area contributed by atoms with E-state index in [1.807, 2.05) is 12.1 Å². The summed E-state index contributed by atoms with van der Waals surface area (Å²) < 4.78 is 11.9. The minimum atomic E-state index is -0.0373. The molecule has 1 aliphatic rings. The predicted molar refractivity (Wildman–Crippen MR) is 94.6 cm³/mol. The molecule has 1 aromatic rings. The summed E-state index contributed by atoms with van der Waals surface area (Å²) in [6.07, 6.45) is 12.2. The van der Waals surface area contributed by atoms with Crippen LogP contribution < -0.4 is 9.20 Å². The zero-order chi connectivity index (χ0) is 16.3. The standard InChI is InChI=1S/C19H26O3Se/c1-21-16-11-13-17(14-12-16)23-18-10-8-6-4-2-3-5-7-9-15-22-19(18)20/h6,8,11-14,18H,2-5,7,9-10,15H2,1H3/b8-6+. The first-order chi connectivity index (χ1) is 11.3. The number of hydrogen-bond donors (Lipinski definition) is 0. The van der Waals surface area contributed by atoms with E-state index in [0.717, 1.165) is 31.4 Å². The van der Waals surface area contributed by atoms with Crippen LogP contribution in [-0.2, 0) is 9.53 Å². The number of allylic oxidation sites excluding steroid dienone is 2. The Labute approximate surface area is 145 Å². The van der Waals surface area contributed by atoms with Crippen LogP contribution in [0.25, 0.3) is 0 Å². The van der Waals surface area contributed by atoms with Crippen molar-refractivity contribution in [3.05, 3.63) is 36.4 Å². The summed E-state index contributed by atoms with van der Waals surface area (Å²) in [6, 6.07) is 8.02. The summed E-state index contributed by atoms with van der Waals surface area (Å²) in [5.41, 5.74) is 0. The van der Waals surface area contributed by atoms with Crippen molar-refractivity contribution in [3.63, 3.8) is 0 Å². The van der Waals surface area contributed by atoms with E-state index in [2.05, 4.69) is 24.3 Å². The number of ether oxygens (including phenoxy) is 2. The van der Waals surface area contributed by atoms with Gasteiger partial charge in [0.2, 0.25) is 0 Å². The summed E-state index contributed by atoms with van der Waals surface area (Å²) in [7, 11) is 1.66. The van der Waals surface area contributed by atoms with Crippen molar-refractivity contribution in [1.29, 1.82) is 0 Å². The Morgan fingerprint density at radius 2 is 1.78 bits per heavy atom. The molecule has 0 bridgehead atoms. The molecular weight excluding hydrogens is 355 g/mol. The molecule has 1 atom stereocenters. The Kier molecular flexibility index (Phi) is 8.27. The van der Waals surface area contributed by atoms with Gasteiger partial charge in [0.25, 0.3) is 0 Å². The Morgan fingerprint density at radius 3 is 2.57 bits per heavy atom. The zero-order valence-electron chi connectivity index (χ0n) is 13.8. The van der Waals surface area contributed by atoms with Gasteiger partial charge in [0.05, 0.1) is 0 Å². The quantitative estimate of drug-likeness (QED) is 0.456. The minimum absolute atomic E-state index is 0.0344. The van der Waals surface area contributed by atoms with E-state index in [4.69, 9.17) is 9.47 Å². The molecule has 0 amide bonds. The summed E-state index contributed by atoms with van der Waals surface area (Å²) in [4.78, 5) is 12.3. The van der Waals surface area contributed by atoms with Gasteiger partial charge in [-0.15, -0.1) is 0 Å². The van der Waals surface area contributed by atoms with Gasteiger partial charge in [-0.25, -0.2) is 0 Å². The molecule has 0 N–H and O–H groups in total. The van der Waals surface area contributed by atoms with Gasteiger partial charge in [0.15, 0.2) is 0 Å². The third-order valence-electron chi connectivity index (χ3n) is 3.88. The Bertz CT molecular complexity index is 496. The molecule has 0 aromatic heterocycles.